The number of nitrogens with zero attached hydrogens (tertiary/aromatic N) is 1. The molecule has 1 atom stereocenters. The topological polar surface area (TPSA) is 84.7 Å². The summed E-state index contributed by atoms with van der Waals surface area (Å²) in [6.07, 6.45) is -0.0493. The van der Waals surface area contributed by atoms with Gasteiger partial charge < -0.3 is 15.0 Å². The SMILES string of the molecule is CC(=O)CC[C@H]1CN(c2ccc(NN)c(F)c2)C(=O)O1. The molecule has 3 N–H and O–H groups in total. The molecule has 1 aromatic carbocycles. The lowest BCUT2D eigenvalue weighted by atomic mass is 10.1. The van der Waals surface area contributed by atoms with Gasteiger partial charge in [-0.15, -0.1) is 0 Å². The number of nitrogens with one attached hydrogen (secondary N) is 1. The van der Waals surface area contributed by atoms with Crippen LogP contribution in [0.4, 0.5) is 20.6 Å². The molecule has 0 spiro atoms. The number of carbonyl (C=O) groups excluding carboxylic acids is 2. The number of cyclic esters (lactones) is 1. The third kappa shape index (κ3) is 3.05. The zero-order valence-corrected chi connectivity index (χ0v) is 11.1. The van der Waals surface area contributed by atoms with Crippen LogP contribution in [-0.2, 0) is 9.53 Å². The van der Waals surface area contributed by atoms with Crippen molar-refractivity contribution in [3.63, 3.8) is 0 Å². The van der Waals surface area contributed by atoms with E-state index in [0.717, 1.165) is 0 Å². The molecule has 7 heteroatoms. The molecule has 108 valence electrons. The molecule has 0 radical (unpaired) electrons. The Morgan fingerprint density at radius 1 is 1.60 bits per heavy atom. The van der Waals surface area contributed by atoms with Gasteiger partial charge in [-0.1, -0.05) is 0 Å². The van der Waals surface area contributed by atoms with Gasteiger partial charge in [0.15, 0.2) is 0 Å². The first kappa shape index (κ1) is 14.3. The Kier molecular flexibility index (Phi) is 4.19. The molecule has 0 unspecified atom stereocenters. The van der Waals surface area contributed by atoms with Crippen LogP contribution < -0.4 is 16.2 Å². The summed E-state index contributed by atoms with van der Waals surface area (Å²) >= 11 is 0. The Morgan fingerprint density at radius 2 is 2.35 bits per heavy atom. The molecule has 20 heavy (non-hydrogen) atoms. The highest BCUT2D eigenvalue weighted by molar-refractivity contribution is 5.90. The molecule has 1 aliphatic rings. The third-order valence-corrected chi connectivity index (χ3v) is 3.11. The van der Waals surface area contributed by atoms with Crippen molar-refractivity contribution >= 4 is 23.3 Å². The zero-order chi connectivity index (χ0) is 14.7. The molecule has 1 amide bonds. The summed E-state index contributed by atoms with van der Waals surface area (Å²) in [5, 5.41) is 0. The number of ether oxygens (including phenoxy) is 1. The van der Waals surface area contributed by atoms with E-state index in [1.165, 1.54) is 24.0 Å². The molecule has 1 fully saturated rings. The van der Waals surface area contributed by atoms with Gasteiger partial charge in [-0.25, -0.2) is 9.18 Å². The van der Waals surface area contributed by atoms with Crippen molar-refractivity contribution in [3.8, 4) is 0 Å². The number of nitrogen functional groups attached to an aromatic ring is 1. The zero-order valence-electron chi connectivity index (χ0n) is 11.1. The predicted molar refractivity (Wildman–Crippen MR) is 71.7 cm³/mol. The number of ketones is 1. The molecular weight excluding hydrogens is 265 g/mol. The number of rotatable bonds is 5. The smallest absolute Gasteiger partial charge is 0.414 e. The summed E-state index contributed by atoms with van der Waals surface area (Å²) in [5.41, 5.74) is 2.77. The molecule has 1 heterocycles. The van der Waals surface area contributed by atoms with E-state index in [2.05, 4.69) is 5.43 Å². The van der Waals surface area contributed by atoms with E-state index >= 15 is 0 Å². The number of halogens is 1. The van der Waals surface area contributed by atoms with Crippen molar-refractivity contribution in [1.82, 2.24) is 0 Å². The van der Waals surface area contributed by atoms with Gasteiger partial charge in [-0.3, -0.25) is 10.7 Å². The molecule has 2 rings (SSSR count). The molecule has 0 bridgehead atoms. The second kappa shape index (κ2) is 5.87. The first-order chi connectivity index (χ1) is 9.51. The largest absolute Gasteiger partial charge is 0.444 e. The average molecular weight is 281 g/mol. The first-order valence-electron chi connectivity index (χ1n) is 6.25. The second-order valence-electron chi connectivity index (χ2n) is 4.67. The number of carbonyl (C=O) groups is 2. The van der Waals surface area contributed by atoms with Crippen LogP contribution in [0.25, 0.3) is 0 Å². The number of hydrazine groups is 1. The summed E-state index contributed by atoms with van der Waals surface area (Å²) in [5.74, 6) is 4.64. The van der Waals surface area contributed by atoms with Crippen molar-refractivity contribution < 1.29 is 18.7 Å². The lowest BCUT2D eigenvalue weighted by Gasteiger charge is -2.14. The van der Waals surface area contributed by atoms with Crippen LogP contribution in [0.5, 0.6) is 0 Å². The van der Waals surface area contributed by atoms with Gasteiger partial charge in [0.25, 0.3) is 0 Å². The molecule has 0 saturated carbocycles. The van der Waals surface area contributed by atoms with Crippen molar-refractivity contribution in [3.05, 3.63) is 24.0 Å². The Bertz CT molecular complexity index is 536. The Hall–Kier alpha value is -2.15. The average Bonchev–Trinajstić information content (AvgIpc) is 2.77. The number of hydrogen-bond donors (Lipinski definition) is 2. The van der Waals surface area contributed by atoms with Crippen molar-refractivity contribution in [1.29, 1.82) is 0 Å². The fraction of sp³-hybridized carbons (Fsp3) is 0.385. The quantitative estimate of drug-likeness (QED) is 0.635. The fourth-order valence-corrected chi connectivity index (χ4v) is 2.04. The lowest BCUT2D eigenvalue weighted by Crippen LogP contribution is -2.24. The number of benzene rings is 1. The molecule has 1 saturated heterocycles. The number of nitrogens with two attached hydrogens (primary N) is 1. The van der Waals surface area contributed by atoms with Crippen LogP contribution in [-0.4, -0.2) is 24.5 Å². The Labute approximate surface area is 115 Å². The highest BCUT2D eigenvalue weighted by atomic mass is 19.1. The number of amides is 1. The maximum atomic E-state index is 13.6. The normalized spacial score (nSPS) is 18.1. The van der Waals surface area contributed by atoms with Gasteiger partial charge in [-0.05, 0) is 31.5 Å². The van der Waals surface area contributed by atoms with Crippen molar-refractivity contribution in [2.45, 2.75) is 25.9 Å². The van der Waals surface area contributed by atoms with Crippen LogP contribution in [0.2, 0.25) is 0 Å². The van der Waals surface area contributed by atoms with E-state index in [9.17, 15) is 14.0 Å². The van der Waals surface area contributed by atoms with Gasteiger partial charge in [0.2, 0.25) is 0 Å². The van der Waals surface area contributed by atoms with Crippen LogP contribution in [0.3, 0.4) is 0 Å². The van der Waals surface area contributed by atoms with Gasteiger partial charge in [0.1, 0.15) is 17.7 Å². The van der Waals surface area contributed by atoms with E-state index in [-0.39, 0.29) is 17.6 Å². The number of Topliss-reactive ketones (excluding diaryl/α,β-unsaturated/α-hetero) is 1. The third-order valence-electron chi connectivity index (χ3n) is 3.11. The monoisotopic (exact) mass is 281 g/mol. The van der Waals surface area contributed by atoms with Gasteiger partial charge in [0, 0.05) is 6.42 Å². The van der Waals surface area contributed by atoms with Crippen LogP contribution in [0.15, 0.2) is 18.2 Å². The van der Waals surface area contributed by atoms with Crippen molar-refractivity contribution in [2.75, 3.05) is 16.9 Å². The second-order valence-corrected chi connectivity index (χ2v) is 4.67. The Balaban J connectivity index is 2.07. The lowest BCUT2D eigenvalue weighted by molar-refractivity contribution is -0.117. The van der Waals surface area contributed by atoms with Gasteiger partial charge in [-0.2, -0.15) is 0 Å². The summed E-state index contributed by atoms with van der Waals surface area (Å²) in [4.78, 5) is 24.0. The highest BCUT2D eigenvalue weighted by Crippen LogP contribution is 2.26. The summed E-state index contributed by atoms with van der Waals surface area (Å²) in [6, 6.07) is 4.23. The first-order valence-corrected chi connectivity index (χ1v) is 6.25. The van der Waals surface area contributed by atoms with Gasteiger partial charge >= 0.3 is 6.09 Å². The van der Waals surface area contributed by atoms with E-state index in [1.54, 1.807) is 6.07 Å². The van der Waals surface area contributed by atoms with Crippen LogP contribution in [0.1, 0.15) is 19.8 Å². The molecule has 0 aliphatic carbocycles. The van der Waals surface area contributed by atoms with E-state index < -0.39 is 11.9 Å². The molecule has 1 aliphatic heterocycles. The van der Waals surface area contributed by atoms with Crippen LogP contribution >= 0.6 is 0 Å². The van der Waals surface area contributed by atoms with E-state index in [1.807, 2.05) is 0 Å². The summed E-state index contributed by atoms with van der Waals surface area (Å²) in [6.45, 7) is 1.80. The molecular formula is C13H16FN3O3. The Morgan fingerprint density at radius 3 is 2.95 bits per heavy atom. The van der Waals surface area contributed by atoms with Crippen LogP contribution in [0, 0.1) is 5.82 Å². The molecule has 6 nitrogen and oxygen atoms in total. The fourth-order valence-electron chi connectivity index (χ4n) is 2.04. The minimum absolute atomic E-state index is 0.0453. The standard InChI is InChI=1S/C13H16FN3O3/c1-8(18)2-4-10-7-17(13(19)20-10)9-3-5-12(16-15)11(14)6-9/h3,5-6,10,16H,2,4,7,15H2,1H3/t10-/m0/s1. The van der Waals surface area contributed by atoms with E-state index in [0.29, 0.717) is 25.1 Å². The van der Waals surface area contributed by atoms with E-state index in [4.69, 9.17) is 10.6 Å². The number of hydrogen-bond acceptors (Lipinski definition) is 5. The van der Waals surface area contributed by atoms with Crippen molar-refractivity contribution in [2.24, 2.45) is 5.84 Å². The minimum atomic E-state index is -0.551. The maximum Gasteiger partial charge on any atom is 0.414 e. The summed E-state index contributed by atoms with van der Waals surface area (Å²) < 4.78 is 18.8. The predicted octanol–water partition coefficient (Wildman–Crippen LogP) is 1.81. The van der Waals surface area contributed by atoms with Gasteiger partial charge in [0.05, 0.1) is 17.9 Å². The maximum absolute atomic E-state index is 13.6. The molecule has 0 aromatic heterocycles. The number of anilines is 2. The minimum Gasteiger partial charge on any atom is -0.444 e. The summed E-state index contributed by atoms with van der Waals surface area (Å²) in [7, 11) is 0. The highest BCUT2D eigenvalue weighted by Gasteiger charge is 2.32. The molecule has 1 aromatic rings.